The minimum absolute atomic E-state index is 0.163. The van der Waals surface area contributed by atoms with Gasteiger partial charge in [-0.3, -0.25) is 9.59 Å². The maximum Gasteiger partial charge on any atom is 0.267 e. The van der Waals surface area contributed by atoms with E-state index in [-0.39, 0.29) is 11.5 Å². The molecule has 6 heteroatoms. The quantitative estimate of drug-likeness (QED) is 0.748. The smallest absolute Gasteiger partial charge is 0.267 e. The standard InChI is InChI=1S/C11H9BrClNO3/c1-5-11(16)14(2)8-4-6(12)3-7(10(13)15)9(8)17-5/h3-5H,1-2H3. The molecule has 1 heterocycles. The Bertz CT molecular complexity index is 518. The van der Waals surface area contributed by atoms with Gasteiger partial charge >= 0.3 is 0 Å². The number of anilines is 1. The lowest BCUT2D eigenvalue weighted by Gasteiger charge is -2.31. The van der Waals surface area contributed by atoms with Crippen molar-refractivity contribution in [1.29, 1.82) is 0 Å². The molecule has 0 bridgehead atoms. The van der Waals surface area contributed by atoms with Gasteiger partial charge in [0.2, 0.25) is 0 Å². The van der Waals surface area contributed by atoms with E-state index in [0.29, 0.717) is 15.9 Å². The third kappa shape index (κ3) is 2.05. The van der Waals surface area contributed by atoms with Crippen molar-refractivity contribution in [1.82, 2.24) is 0 Å². The van der Waals surface area contributed by atoms with Crippen molar-refractivity contribution in [3.05, 3.63) is 22.2 Å². The Morgan fingerprint density at radius 2 is 2.18 bits per heavy atom. The van der Waals surface area contributed by atoms with E-state index in [1.807, 2.05) is 0 Å². The van der Waals surface area contributed by atoms with Gasteiger partial charge in [-0.1, -0.05) is 15.9 Å². The number of nitrogens with zero attached hydrogens (tertiary/aromatic N) is 1. The number of benzene rings is 1. The summed E-state index contributed by atoms with van der Waals surface area (Å²) in [4.78, 5) is 24.5. The van der Waals surface area contributed by atoms with E-state index in [1.165, 1.54) is 4.90 Å². The maximum absolute atomic E-state index is 11.7. The highest BCUT2D eigenvalue weighted by molar-refractivity contribution is 9.10. The second kappa shape index (κ2) is 4.31. The van der Waals surface area contributed by atoms with Crippen LogP contribution in [0.3, 0.4) is 0 Å². The van der Waals surface area contributed by atoms with Crippen molar-refractivity contribution in [2.24, 2.45) is 0 Å². The van der Waals surface area contributed by atoms with Gasteiger partial charge in [0.15, 0.2) is 11.9 Å². The Morgan fingerprint density at radius 1 is 1.53 bits per heavy atom. The van der Waals surface area contributed by atoms with Crippen molar-refractivity contribution in [3.63, 3.8) is 0 Å². The van der Waals surface area contributed by atoms with Gasteiger partial charge in [-0.15, -0.1) is 0 Å². The van der Waals surface area contributed by atoms with E-state index < -0.39 is 11.3 Å². The molecule has 1 amide bonds. The van der Waals surface area contributed by atoms with Gasteiger partial charge in [-0.05, 0) is 30.7 Å². The Labute approximate surface area is 112 Å². The molecule has 0 aromatic heterocycles. The van der Waals surface area contributed by atoms with Crippen LogP contribution in [0.2, 0.25) is 0 Å². The number of carbonyl (C=O) groups is 2. The molecule has 1 aromatic carbocycles. The number of halogens is 2. The van der Waals surface area contributed by atoms with E-state index in [9.17, 15) is 9.59 Å². The molecule has 1 atom stereocenters. The van der Waals surface area contributed by atoms with Crippen LogP contribution in [0.25, 0.3) is 0 Å². The van der Waals surface area contributed by atoms with E-state index in [0.717, 1.165) is 0 Å². The van der Waals surface area contributed by atoms with Crippen LogP contribution in [-0.2, 0) is 4.79 Å². The van der Waals surface area contributed by atoms with Crippen molar-refractivity contribution >= 4 is 44.4 Å². The molecule has 0 radical (unpaired) electrons. The average Bonchev–Trinajstić information content (AvgIpc) is 2.26. The summed E-state index contributed by atoms with van der Waals surface area (Å²) in [6.07, 6.45) is -0.622. The number of hydrogen-bond donors (Lipinski definition) is 0. The highest BCUT2D eigenvalue weighted by atomic mass is 79.9. The zero-order valence-electron chi connectivity index (χ0n) is 9.16. The summed E-state index contributed by atoms with van der Waals surface area (Å²) in [6, 6.07) is 3.28. The zero-order valence-corrected chi connectivity index (χ0v) is 11.5. The van der Waals surface area contributed by atoms with Crippen molar-refractivity contribution in [2.75, 3.05) is 11.9 Å². The second-order valence-electron chi connectivity index (χ2n) is 3.73. The minimum Gasteiger partial charge on any atom is -0.478 e. The number of rotatable bonds is 1. The first kappa shape index (κ1) is 12.4. The predicted molar refractivity (Wildman–Crippen MR) is 67.8 cm³/mol. The van der Waals surface area contributed by atoms with Crippen LogP contribution in [0.4, 0.5) is 5.69 Å². The first-order valence-corrected chi connectivity index (χ1v) is 6.06. The lowest BCUT2D eigenvalue weighted by Crippen LogP contribution is -2.42. The van der Waals surface area contributed by atoms with Gasteiger partial charge in [0.05, 0.1) is 11.3 Å². The molecular formula is C11H9BrClNO3. The van der Waals surface area contributed by atoms with Crippen LogP contribution < -0.4 is 9.64 Å². The number of carbonyl (C=O) groups excluding carboxylic acids is 2. The Kier molecular flexibility index (Phi) is 3.14. The van der Waals surface area contributed by atoms with Gasteiger partial charge in [0.25, 0.3) is 11.1 Å². The lowest BCUT2D eigenvalue weighted by molar-refractivity contribution is -0.125. The van der Waals surface area contributed by atoms with Gasteiger partial charge < -0.3 is 9.64 Å². The number of hydrogen-bond acceptors (Lipinski definition) is 3. The van der Waals surface area contributed by atoms with Gasteiger partial charge in [0, 0.05) is 11.5 Å². The second-order valence-corrected chi connectivity index (χ2v) is 4.99. The lowest BCUT2D eigenvalue weighted by atomic mass is 10.1. The largest absolute Gasteiger partial charge is 0.478 e. The van der Waals surface area contributed by atoms with E-state index >= 15 is 0 Å². The molecule has 1 aliphatic heterocycles. The summed E-state index contributed by atoms with van der Waals surface area (Å²) in [5.74, 6) is 0.186. The van der Waals surface area contributed by atoms with Crippen LogP contribution >= 0.6 is 27.5 Å². The number of fused-ring (bicyclic) bond motifs is 1. The van der Waals surface area contributed by atoms with Crippen LogP contribution in [-0.4, -0.2) is 24.3 Å². The fourth-order valence-corrected chi connectivity index (χ4v) is 2.30. The molecule has 0 N–H and O–H groups in total. The summed E-state index contributed by atoms with van der Waals surface area (Å²) >= 11 is 8.77. The molecule has 1 aliphatic rings. The number of likely N-dealkylation sites (N-methyl/N-ethyl adjacent to an activating group) is 1. The molecule has 0 aliphatic carbocycles. The van der Waals surface area contributed by atoms with E-state index in [2.05, 4.69) is 15.9 Å². The van der Waals surface area contributed by atoms with Crippen molar-refractivity contribution in [3.8, 4) is 5.75 Å². The number of ether oxygens (including phenoxy) is 1. The van der Waals surface area contributed by atoms with Crippen molar-refractivity contribution < 1.29 is 14.3 Å². The maximum atomic E-state index is 11.7. The zero-order chi connectivity index (χ0) is 12.7. The van der Waals surface area contributed by atoms with E-state index in [1.54, 1.807) is 26.1 Å². The fourth-order valence-electron chi connectivity index (χ4n) is 1.72. The summed E-state index contributed by atoms with van der Waals surface area (Å²) in [5, 5.41) is -0.613. The van der Waals surface area contributed by atoms with Crippen LogP contribution in [0.15, 0.2) is 16.6 Å². The van der Waals surface area contributed by atoms with Crippen LogP contribution in [0.1, 0.15) is 17.3 Å². The summed E-state index contributed by atoms with van der Waals surface area (Å²) in [6.45, 7) is 1.63. The Balaban J connectivity index is 2.66. The molecule has 0 saturated carbocycles. The fraction of sp³-hybridized carbons (Fsp3) is 0.273. The molecule has 90 valence electrons. The van der Waals surface area contributed by atoms with Crippen molar-refractivity contribution in [2.45, 2.75) is 13.0 Å². The molecule has 0 spiro atoms. The highest BCUT2D eigenvalue weighted by Crippen LogP contribution is 2.39. The molecule has 17 heavy (non-hydrogen) atoms. The first-order chi connectivity index (χ1) is 7.91. The molecular weight excluding hydrogens is 309 g/mol. The molecule has 0 fully saturated rings. The monoisotopic (exact) mass is 317 g/mol. The molecule has 1 unspecified atom stereocenters. The van der Waals surface area contributed by atoms with Gasteiger partial charge in [-0.25, -0.2) is 0 Å². The SMILES string of the molecule is CC1Oc2c(C(=O)Cl)cc(Br)cc2N(C)C1=O. The summed E-state index contributed by atoms with van der Waals surface area (Å²) in [7, 11) is 1.63. The highest BCUT2D eigenvalue weighted by Gasteiger charge is 2.32. The molecule has 4 nitrogen and oxygen atoms in total. The molecule has 2 rings (SSSR count). The van der Waals surface area contributed by atoms with Crippen LogP contribution in [0.5, 0.6) is 5.75 Å². The van der Waals surface area contributed by atoms with Gasteiger partial charge in [0.1, 0.15) is 0 Å². The Morgan fingerprint density at radius 3 is 2.76 bits per heavy atom. The molecule has 0 saturated heterocycles. The number of amides is 1. The van der Waals surface area contributed by atoms with Gasteiger partial charge in [-0.2, -0.15) is 0 Å². The summed E-state index contributed by atoms with van der Waals surface area (Å²) < 4.78 is 6.11. The third-order valence-corrected chi connectivity index (χ3v) is 3.24. The third-order valence-electron chi connectivity index (χ3n) is 2.58. The normalized spacial score (nSPS) is 18.7. The average molecular weight is 319 g/mol. The topological polar surface area (TPSA) is 46.6 Å². The van der Waals surface area contributed by atoms with E-state index in [4.69, 9.17) is 16.3 Å². The predicted octanol–water partition coefficient (Wildman–Crippen LogP) is 2.57. The first-order valence-electron chi connectivity index (χ1n) is 4.89. The minimum atomic E-state index is -0.622. The van der Waals surface area contributed by atoms with Crippen LogP contribution in [0, 0.1) is 0 Å². The Hall–Kier alpha value is -1.07. The molecule has 1 aromatic rings. The summed E-state index contributed by atoms with van der Waals surface area (Å²) in [5.41, 5.74) is 0.786.